The average molecular weight is 269 g/mol. The van der Waals surface area contributed by atoms with Gasteiger partial charge in [-0.25, -0.2) is 14.6 Å². The topological polar surface area (TPSA) is 82.0 Å². The molecule has 2 unspecified atom stereocenters. The molecule has 0 saturated heterocycles. The van der Waals surface area contributed by atoms with Gasteiger partial charge in [0, 0.05) is 20.1 Å². The number of nitrogens with zero attached hydrogens (tertiary/aromatic N) is 2. The van der Waals surface area contributed by atoms with Crippen LogP contribution in [0.15, 0.2) is 4.99 Å². The van der Waals surface area contributed by atoms with E-state index in [1.54, 1.807) is 13.1 Å². The van der Waals surface area contributed by atoms with E-state index in [2.05, 4.69) is 10.3 Å². The monoisotopic (exact) mass is 269 g/mol. The summed E-state index contributed by atoms with van der Waals surface area (Å²) in [6, 6.07) is -0.151. The summed E-state index contributed by atoms with van der Waals surface area (Å²) in [5.74, 6) is 0.888. The Balaban J connectivity index is 2.28. The third kappa shape index (κ3) is 5.85. The Labute approximate surface area is 113 Å². The molecule has 6 heteroatoms. The lowest BCUT2D eigenvalue weighted by Gasteiger charge is -2.28. The van der Waals surface area contributed by atoms with Crippen molar-refractivity contribution < 1.29 is 14.7 Å². The lowest BCUT2D eigenvalue weighted by Crippen LogP contribution is -2.41. The third-order valence-corrected chi connectivity index (χ3v) is 3.63. The molecule has 0 aliphatic heterocycles. The van der Waals surface area contributed by atoms with Gasteiger partial charge in [-0.1, -0.05) is 6.42 Å². The van der Waals surface area contributed by atoms with Crippen LogP contribution >= 0.6 is 0 Å². The Kier molecular flexibility index (Phi) is 7.15. The first kappa shape index (κ1) is 15.7. The molecule has 1 aliphatic carbocycles. The van der Waals surface area contributed by atoms with Crippen LogP contribution in [0.2, 0.25) is 0 Å². The first-order valence-corrected chi connectivity index (χ1v) is 6.80. The van der Waals surface area contributed by atoms with Crippen LogP contribution in [0, 0.1) is 11.8 Å². The Morgan fingerprint density at radius 1 is 1.47 bits per heavy atom. The molecule has 1 rings (SSSR count). The molecule has 1 saturated carbocycles. The van der Waals surface area contributed by atoms with Crippen LogP contribution in [0.4, 0.5) is 4.79 Å². The quantitative estimate of drug-likeness (QED) is 0.552. The van der Waals surface area contributed by atoms with E-state index < -0.39 is 0 Å². The molecule has 2 amide bonds. The minimum atomic E-state index is -0.151. The number of amides is 2. The lowest BCUT2D eigenvalue weighted by atomic mass is 9.81. The smallest absolute Gasteiger partial charge is 0.317 e. The summed E-state index contributed by atoms with van der Waals surface area (Å²) >= 11 is 0. The molecule has 1 fully saturated rings. The minimum Gasteiger partial charge on any atom is -0.395 e. The highest BCUT2D eigenvalue weighted by atomic mass is 16.3. The van der Waals surface area contributed by atoms with Crippen LogP contribution in [0.3, 0.4) is 0 Å². The molecule has 0 heterocycles. The molecular weight excluding hydrogens is 246 g/mol. The summed E-state index contributed by atoms with van der Waals surface area (Å²) < 4.78 is 0. The summed E-state index contributed by atoms with van der Waals surface area (Å²) in [6.45, 7) is 1.51. The maximum atomic E-state index is 11.7. The standard InChI is InChI=1S/C13H23N3O3/c1-16(5-6-17)13(19)15-9-12-4-2-3-11(7-12)8-14-10-18/h11-12,17H,2-9H2,1H3,(H,15,19). The number of nitrogens with one attached hydrogen (secondary N) is 1. The molecule has 6 nitrogen and oxygen atoms in total. The second kappa shape index (κ2) is 8.67. The number of carbonyl (C=O) groups is 1. The summed E-state index contributed by atoms with van der Waals surface area (Å²) in [5, 5.41) is 11.6. The Morgan fingerprint density at radius 3 is 2.89 bits per heavy atom. The summed E-state index contributed by atoms with van der Waals surface area (Å²) in [5.41, 5.74) is 0. The van der Waals surface area contributed by atoms with E-state index in [0.29, 0.717) is 31.5 Å². The van der Waals surface area contributed by atoms with Gasteiger partial charge in [-0.05, 0) is 31.1 Å². The normalized spacial score (nSPS) is 22.4. The van der Waals surface area contributed by atoms with Crippen molar-refractivity contribution in [2.45, 2.75) is 25.7 Å². The van der Waals surface area contributed by atoms with Gasteiger partial charge < -0.3 is 15.3 Å². The van der Waals surface area contributed by atoms with Gasteiger partial charge >= 0.3 is 6.03 Å². The van der Waals surface area contributed by atoms with E-state index in [1.165, 1.54) is 4.90 Å². The van der Waals surface area contributed by atoms with Crippen LogP contribution in [0.1, 0.15) is 25.7 Å². The van der Waals surface area contributed by atoms with Crippen LogP contribution in [0.5, 0.6) is 0 Å². The van der Waals surface area contributed by atoms with E-state index >= 15 is 0 Å². The van der Waals surface area contributed by atoms with Gasteiger partial charge in [0.1, 0.15) is 0 Å². The predicted octanol–water partition coefficient (Wildman–Crippen LogP) is 0.762. The summed E-state index contributed by atoms with van der Waals surface area (Å²) in [7, 11) is 1.66. The fourth-order valence-electron chi connectivity index (χ4n) is 2.54. The second-order valence-electron chi connectivity index (χ2n) is 5.16. The number of carbonyl (C=O) groups excluding carboxylic acids is 2. The molecular formula is C13H23N3O3. The van der Waals surface area contributed by atoms with E-state index in [0.717, 1.165) is 25.7 Å². The molecule has 0 aromatic heterocycles. The van der Waals surface area contributed by atoms with Gasteiger partial charge in [-0.15, -0.1) is 0 Å². The molecule has 108 valence electrons. The summed E-state index contributed by atoms with van der Waals surface area (Å²) in [6.07, 6.45) is 5.90. The van der Waals surface area contributed by atoms with Crippen molar-refractivity contribution in [2.75, 3.05) is 33.3 Å². The molecule has 19 heavy (non-hydrogen) atoms. The Morgan fingerprint density at radius 2 is 2.21 bits per heavy atom. The van der Waals surface area contributed by atoms with Crippen molar-refractivity contribution in [3.63, 3.8) is 0 Å². The molecule has 0 aromatic rings. The predicted molar refractivity (Wildman–Crippen MR) is 71.6 cm³/mol. The fourth-order valence-corrected chi connectivity index (χ4v) is 2.54. The van der Waals surface area contributed by atoms with Crippen molar-refractivity contribution in [1.29, 1.82) is 0 Å². The number of aliphatic hydroxyl groups excluding tert-OH is 1. The van der Waals surface area contributed by atoms with Crippen LogP contribution in [-0.2, 0) is 4.79 Å². The van der Waals surface area contributed by atoms with Crippen molar-refractivity contribution in [1.82, 2.24) is 10.2 Å². The van der Waals surface area contributed by atoms with Gasteiger partial charge in [0.05, 0.1) is 13.2 Å². The minimum absolute atomic E-state index is 0.0286. The number of likely N-dealkylation sites (N-methyl/N-ethyl adjacent to an activating group) is 1. The zero-order valence-electron chi connectivity index (χ0n) is 11.5. The molecule has 2 atom stereocenters. The number of urea groups is 1. The molecule has 2 N–H and O–H groups in total. The fraction of sp³-hybridized carbons (Fsp3) is 0.846. The molecule has 0 radical (unpaired) electrons. The molecule has 1 aliphatic rings. The number of hydrogen-bond donors (Lipinski definition) is 2. The Hall–Kier alpha value is -1.39. The summed E-state index contributed by atoms with van der Waals surface area (Å²) in [4.78, 5) is 26.9. The number of aliphatic imine (C=N–C) groups is 1. The Bertz CT molecular complexity index is 329. The number of rotatable bonds is 6. The van der Waals surface area contributed by atoms with E-state index in [1.807, 2.05) is 0 Å². The van der Waals surface area contributed by atoms with E-state index in [9.17, 15) is 9.59 Å². The van der Waals surface area contributed by atoms with Crippen LogP contribution < -0.4 is 5.32 Å². The third-order valence-electron chi connectivity index (χ3n) is 3.63. The van der Waals surface area contributed by atoms with Gasteiger partial charge in [0.15, 0.2) is 0 Å². The average Bonchev–Trinajstić information content (AvgIpc) is 2.43. The zero-order valence-corrected chi connectivity index (χ0v) is 11.5. The van der Waals surface area contributed by atoms with E-state index in [4.69, 9.17) is 5.11 Å². The number of hydrogen-bond acceptors (Lipinski definition) is 4. The van der Waals surface area contributed by atoms with Crippen molar-refractivity contribution >= 4 is 12.1 Å². The SMILES string of the molecule is CN(CCO)C(=O)NCC1CCCC(CN=C=O)C1. The highest BCUT2D eigenvalue weighted by molar-refractivity contribution is 5.73. The highest BCUT2D eigenvalue weighted by Gasteiger charge is 2.22. The largest absolute Gasteiger partial charge is 0.395 e. The molecule has 0 bridgehead atoms. The first-order valence-electron chi connectivity index (χ1n) is 6.80. The molecule has 0 spiro atoms. The van der Waals surface area contributed by atoms with Gasteiger partial charge in [0.2, 0.25) is 6.08 Å². The maximum Gasteiger partial charge on any atom is 0.317 e. The van der Waals surface area contributed by atoms with Gasteiger partial charge in [0.25, 0.3) is 0 Å². The zero-order chi connectivity index (χ0) is 14.1. The number of aliphatic hydroxyl groups is 1. The highest BCUT2D eigenvalue weighted by Crippen LogP contribution is 2.28. The van der Waals surface area contributed by atoms with Gasteiger partial charge in [-0.2, -0.15) is 0 Å². The first-order chi connectivity index (χ1) is 9.17. The van der Waals surface area contributed by atoms with Crippen molar-refractivity contribution in [2.24, 2.45) is 16.8 Å². The van der Waals surface area contributed by atoms with Gasteiger partial charge in [-0.3, -0.25) is 0 Å². The lowest BCUT2D eigenvalue weighted by molar-refractivity contribution is 0.185. The van der Waals surface area contributed by atoms with Crippen LogP contribution in [0.25, 0.3) is 0 Å². The number of isocyanates is 1. The van der Waals surface area contributed by atoms with Crippen LogP contribution in [-0.4, -0.2) is 55.4 Å². The molecule has 0 aromatic carbocycles. The second-order valence-corrected chi connectivity index (χ2v) is 5.16. The van der Waals surface area contributed by atoms with E-state index in [-0.39, 0.29) is 12.6 Å². The van der Waals surface area contributed by atoms with Crippen molar-refractivity contribution in [3.8, 4) is 0 Å². The maximum absolute atomic E-state index is 11.7. The van der Waals surface area contributed by atoms with Crippen molar-refractivity contribution in [3.05, 3.63) is 0 Å².